The van der Waals surface area contributed by atoms with Crippen molar-refractivity contribution in [3.63, 3.8) is 0 Å². The Hall–Kier alpha value is -3.91. The van der Waals surface area contributed by atoms with Gasteiger partial charge in [-0.1, -0.05) is 30.3 Å². The molecule has 0 aliphatic carbocycles. The van der Waals surface area contributed by atoms with E-state index in [0.29, 0.717) is 17.2 Å². The zero-order valence-electron chi connectivity index (χ0n) is 15.8. The number of benzene rings is 3. The van der Waals surface area contributed by atoms with Crippen LogP contribution in [0.2, 0.25) is 5.28 Å². The van der Waals surface area contributed by atoms with E-state index >= 15 is 0 Å². The summed E-state index contributed by atoms with van der Waals surface area (Å²) in [6, 6.07) is 19.7. The molecule has 4 rings (SSSR count). The van der Waals surface area contributed by atoms with Crippen molar-refractivity contribution < 1.29 is 14.3 Å². The zero-order chi connectivity index (χ0) is 20.9. The number of carbonyl (C=O) groups is 1. The molecule has 0 aliphatic rings. The Morgan fingerprint density at radius 2 is 1.60 bits per heavy atom. The van der Waals surface area contributed by atoms with E-state index in [0.717, 1.165) is 10.8 Å². The maximum absolute atomic E-state index is 12.2. The Labute approximate surface area is 176 Å². The summed E-state index contributed by atoms with van der Waals surface area (Å²) in [5, 5.41) is 7.14. The first-order valence-corrected chi connectivity index (χ1v) is 9.27. The fourth-order valence-electron chi connectivity index (χ4n) is 2.71. The normalized spacial score (nSPS) is 10.5. The molecule has 30 heavy (non-hydrogen) atoms. The van der Waals surface area contributed by atoms with E-state index in [-0.39, 0.29) is 17.2 Å². The molecule has 0 fully saturated rings. The van der Waals surface area contributed by atoms with E-state index in [1.54, 1.807) is 37.4 Å². The molecule has 0 bridgehead atoms. The highest BCUT2D eigenvalue weighted by atomic mass is 35.5. The highest BCUT2D eigenvalue weighted by molar-refractivity contribution is 6.28. The third-order valence-electron chi connectivity index (χ3n) is 4.09. The predicted molar refractivity (Wildman–Crippen MR) is 114 cm³/mol. The number of ether oxygens (including phenoxy) is 2. The number of nitrogens with one attached hydrogen (secondary N) is 2. The number of amides is 2. The van der Waals surface area contributed by atoms with Gasteiger partial charge in [-0.2, -0.15) is 15.0 Å². The summed E-state index contributed by atoms with van der Waals surface area (Å²) in [6.45, 7) is 0. The maximum atomic E-state index is 12.2. The number of anilines is 2. The van der Waals surface area contributed by atoms with Gasteiger partial charge in [-0.15, -0.1) is 0 Å². The summed E-state index contributed by atoms with van der Waals surface area (Å²) < 4.78 is 10.8. The van der Waals surface area contributed by atoms with Crippen molar-refractivity contribution in [1.82, 2.24) is 15.0 Å². The Morgan fingerprint density at radius 1 is 0.867 bits per heavy atom. The molecular formula is C21H16ClN5O3. The summed E-state index contributed by atoms with van der Waals surface area (Å²) in [7, 11) is 1.57. The van der Waals surface area contributed by atoms with Crippen LogP contribution < -0.4 is 20.1 Å². The second-order valence-electron chi connectivity index (χ2n) is 6.13. The van der Waals surface area contributed by atoms with Crippen LogP contribution in [0.5, 0.6) is 17.5 Å². The largest absolute Gasteiger partial charge is 0.497 e. The molecule has 2 amide bonds. The number of methoxy groups -OCH3 is 1. The minimum absolute atomic E-state index is 0.0370. The average molecular weight is 422 g/mol. The van der Waals surface area contributed by atoms with Gasteiger partial charge < -0.3 is 14.8 Å². The SMILES string of the molecule is COc1ccc(NC(=O)Nc2nc(Cl)nc(Oc3ccc4ccccc4c3)n2)cc1. The Kier molecular flexibility index (Phi) is 5.58. The Balaban J connectivity index is 1.47. The highest BCUT2D eigenvalue weighted by Gasteiger charge is 2.11. The Morgan fingerprint density at radius 3 is 2.37 bits per heavy atom. The van der Waals surface area contributed by atoms with E-state index < -0.39 is 6.03 Å². The molecule has 1 aromatic heterocycles. The van der Waals surface area contributed by atoms with Crippen LogP contribution in [0.3, 0.4) is 0 Å². The lowest BCUT2D eigenvalue weighted by Crippen LogP contribution is -2.21. The summed E-state index contributed by atoms with van der Waals surface area (Å²) >= 11 is 5.96. The second kappa shape index (κ2) is 8.62. The van der Waals surface area contributed by atoms with Crippen LogP contribution in [0.4, 0.5) is 16.4 Å². The lowest BCUT2D eigenvalue weighted by molar-refractivity contribution is 0.262. The molecule has 3 aromatic carbocycles. The number of rotatable bonds is 5. The molecule has 8 nitrogen and oxygen atoms in total. The second-order valence-corrected chi connectivity index (χ2v) is 6.47. The third kappa shape index (κ3) is 4.73. The Bertz CT molecular complexity index is 1200. The van der Waals surface area contributed by atoms with Gasteiger partial charge in [0.15, 0.2) is 0 Å². The molecule has 0 saturated carbocycles. The first kappa shape index (κ1) is 19.4. The van der Waals surface area contributed by atoms with E-state index in [4.69, 9.17) is 21.1 Å². The number of hydrogen-bond donors (Lipinski definition) is 2. The fraction of sp³-hybridized carbons (Fsp3) is 0.0476. The minimum Gasteiger partial charge on any atom is -0.497 e. The average Bonchev–Trinajstić information content (AvgIpc) is 2.73. The monoisotopic (exact) mass is 421 g/mol. The molecule has 0 atom stereocenters. The van der Waals surface area contributed by atoms with E-state index in [2.05, 4.69) is 25.6 Å². The third-order valence-corrected chi connectivity index (χ3v) is 4.26. The van der Waals surface area contributed by atoms with Crippen LogP contribution in [0.25, 0.3) is 10.8 Å². The first-order chi connectivity index (χ1) is 14.6. The molecule has 0 unspecified atom stereocenters. The van der Waals surface area contributed by atoms with Gasteiger partial charge in [-0.05, 0) is 58.8 Å². The zero-order valence-corrected chi connectivity index (χ0v) is 16.6. The van der Waals surface area contributed by atoms with Crippen LogP contribution in [-0.4, -0.2) is 28.1 Å². The highest BCUT2D eigenvalue weighted by Crippen LogP contribution is 2.25. The molecule has 4 aromatic rings. The molecule has 9 heteroatoms. The van der Waals surface area contributed by atoms with Crippen molar-refractivity contribution >= 4 is 40.0 Å². The number of nitrogens with zero attached hydrogens (tertiary/aromatic N) is 3. The summed E-state index contributed by atoms with van der Waals surface area (Å²) in [5.41, 5.74) is 0.570. The molecule has 0 spiro atoms. The minimum atomic E-state index is -0.543. The van der Waals surface area contributed by atoms with Gasteiger partial charge in [0.05, 0.1) is 7.11 Å². The van der Waals surface area contributed by atoms with Crippen molar-refractivity contribution in [3.8, 4) is 17.5 Å². The summed E-state index contributed by atoms with van der Waals surface area (Å²) in [4.78, 5) is 24.2. The lowest BCUT2D eigenvalue weighted by atomic mass is 10.1. The van der Waals surface area contributed by atoms with Crippen LogP contribution >= 0.6 is 11.6 Å². The van der Waals surface area contributed by atoms with Gasteiger partial charge in [0.25, 0.3) is 0 Å². The van der Waals surface area contributed by atoms with Gasteiger partial charge in [-0.25, -0.2) is 4.79 Å². The van der Waals surface area contributed by atoms with Crippen LogP contribution in [-0.2, 0) is 0 Å². The molecule has 0 aliphatic heterocycles. The molecule has 1 heterocycles. The fourth-order valence-corrected chi connectivity index (χ4v) is 2.86. The lowest BCUT2D eigenvalue weighted by Gasteiger charge is -2.09. The number of carbonyl (C=O) groups excluding carboxylic acids is 1. The maximum Gasteiger partial charge on any atom is 0.328 e. The summed E-state index contributed by atoms with van der Waals surface area (Å²) in [6.07, 6.45) is 0. The molecule has 150 valence electrons. The molecule has 0 saturated heterocycles. The van der Waals surface area contributed by atoms with Crippen molar-refractivity contribution in [2.75, 3.05) is 17.7 Å². The van der Waals surface area contributed by atoms with Crippen LogP contribution in [0.15, 0.2) is 66.7 Å². The van der Waals surface area contributed by atoms with Crippen molar-refractivity contribution in [2.24, 2.45) is 0 Å². The number of fused-ring (bicyclic) bond motifs is 1. The van der Waals surface area contributed by atoms with Crippen molar-refractivity contribution in [1.29, 1.82) is 0 Å². The van der Waals surface area contributed by atoms with Gasteiger partial charge in [0.1, 0.15) is 11.5 Å². The number of aromatic nitrogens is 3. The first-order valence-electron chi connectivity index (χ1n) is 8.89. The van der Waals surface area contributed by atoms with Gasteiger partial charge in [-0.3, -0.25) is 5.32 Å². The van der Waals surface area contributed by atoms with Gasteiger partial charge in [0, 0.05) is 5.69 Å². The van der Waals surface area contributed by atoms with Crippen LogP contribution in [0, 0.1) is 0 Å². The number of hydrogen-bond acceptors (Lipinski definition) is 6. The smallest absolute Gasteiger partial charge is 0.328 e. The van der Waals surface area contributed by atoms with Crippen molar-refractivity contribution in [2.45, 2.75) is 0 Å². The number of urea groups is 1. The van der Waals surface area contributed by atoms with E-state index in [1.807, 2.05) is 36.4 Å². The van der Waals surface area contributed by atoms with E-state index in [1.165, 1.54) is 0 Å². The van der Waals surface area contributed by atoms with E-state index in [9.17, 15) is 4.79 Å². The standard InChI is InChI=1S/C21H16ClN5O3/c1-29-16-10-7-15(8-11-16)23-20(28)26-19-24-18(22)25-21(27-19)30-17-9-6-13-4-2-3-5-14(13)12-17/h2-12H,1H3,(H2,23,24,25,26,27,28). The topological polar surface area (TPSA) is 98.3 Å². The van der Waals surface area contributed by atoms with Gasteiger partial charge >= 0.3 is 12.0 Å². The predicted octanol–water partition coefficient (Wildman–Crippen LogP) is 5.12. The summed E-state index contributed by atoms with van der Waals surface area (Å²) in [5.74, 6) is 1.17. The quantitative estimate of drug-likeness (QED) is 0.464. The number of halogens is 1. The van der Waals surface area contributed by atoms with Crippen LogP contribution in [0.1, 0.15) is 0 Å². The van der Waals surface area contributed by atoms with Gasteiger partial charge in [0.2, 0.25) is 11.2 Å². The molecule has 0 radical (unpaired) electrons. The molecule has 2 N–H and O–H groups in total. The van der Waals surface area contributed by atoms with Crippen molar-refractivity contribution in [3.05, 3.63) is 72.0 Å². The molecular weight excluding hydrogens is 406 g/mol.